The third-order valence-corrected chi connectivity index (χ3v) is 2.67. The zero-order valence-corrected chi connectivity index (χ0v) is 9.55. The average Bonchev–Trinajstić information content (AvgIpc) is 2.15. The number of carbonyl (C=O) groups is 1. The van der Waals surface area contributed by atoms with Gasteiger partial charge in [-0.3, -0.25) is 4.79 Å². The minimum absolute atomic E-state index is 0.315. The van der Waals surface area contributed by atoms with Crippen LogP contribution in [0, 0.1) is 5.92 Å². The molecule has 2 heteroatoms. The maximum absolute atomic E-state index is 10.5. The molecule has 0 bridgehead atoms. The second-order valence-corrected chi connectivity index (χ2v) is 3.85. The molecule has 0 fully saturated rings. The van der Waals surface area contributed by atoms with Crippen molar-refractivity contribution in [3.63, 3.8) is 0 Å². The largest absolute Gasteiger partial charge is 0.481 e. The van der Waals surface area contributed by atoms with E-state index in [0.29, 0.717) is 12.3 Å². The van der Waals surface area contributed by atoms with Gasteiger partial charge in [0.2, 0.25) is 0 Å². The molecule has 14 heavy (non-hydrogen) atoms. The van der Waals surface area contributed by atoms with Crippen LogP contribution in [0.15, 0.2) is 11.6 Å². The number of hydrogen-bond acceptors (Lipinski definition) is 1. The fourth-order valence-electron chi connectivity index (χ4n) is 1.41. The van der Waals surface area contributed by atoms with Gasteiger partial charge in [0.1, 0.15) is 0 Å². The van der Waals surface area contributed by atoms with Gasteiger partial charge in [-0.25, -0.2) is 0 Å². The molecule has 0 saturated heterocycles. The molecule has 0 spiro atoms. The highest BCUT2D eigenvalue weighted by molar-refractivity contribution is 5.66. The molecule has 0 aromatic heterocycles. The lowest BCUT2D eigenvalue weighted by Gasteiger charge is -2.10. The lowest BCUT2D eigenvalue weighted by Crippen LogP contribution is -2.06. The fraction of sp³-hybridized carbons (Fsp3) is 0.750. The summed E-state index contributed by atoms with van der Waals surface area (Å²) in [7, 11) is 0. The molecule has 0 saturated carbocycles. The van der Waals surface area contributed by atoms with E-state index in [1.165, 1.54) is 5.57 Å². The first kappa shape index (κ1) is 13.2. The van der Waals surface area contributed by atoms with Crippen molar-refractivity contribution in [2.24, 2.45) is 5.92 Å². The van der Waals surface area contributed by atoms with Crippen LogP contribution in [0.1, 0.15) is 52.9 Å². The number of carboxylic acid groups (broad SMARTS) is 1. The molecule has 0 aliphatic heterocycles. The predicted octanol–water partition coefficient (Wildman–Crippen LogP) is 3.62. The van der Waals surface area contributed by atoms with Crippen molar-refractivity contribution in [2.45, 2.75) is 52.9 Å². The van der Waals surface area contributed by atoms with E-state index in [0.717, 1.165) is 25.7 Å². The van der Waals surface area contributed by atoms with Crippen LogP contribution in [-0.4, -0.2) is 11.1 Å². The van der Waals surface area contributed by atoms with Crippen LogP contribution in [0.25, 0.3) is 0 Å². The molecule has 0 aliphatic rings. The molecule has 0 aromatic carbocycles. The topological polar surface area (TPSA) is 37.3 Å². The molecular weight excluding hydrogens is 176 g/mol. The van der Waals surface area contributed by atoms with Gasteiger partial charge in [-0.1, -0.05) is 31.9 Å². The molecule has 0 rings (SSSR count). The lowest BCUT2D eigenvalue weighted by atomic mass is 9.96. The summed E-state index contributed by atoms with van der Waals surface area (Å²) < 4.78 is 0. The second-order valence-electron chi connectivity index (χ2n) is 3.85. The number of carboxylic acids is 1. The first-order valence-electron chi connectivity index (χ1n) is 5.47. The van der Waals surface area contributed by atoms with Crippen LogP contribution in [-0.2, 0) is 4.79 Å². The maximum atomic E-state index is 10.5. The monoisotopic (exact) mass is 198 g/mol. The number of rotatable bonds is 7. The van der Waals surface area contributed by atoms with Crippen LogP contribution < -0.4 is 0 Å². The Kier molecular flexibility index (Phi) is 7.17. The minimum Gasteiger partial charge on any atom is -0.481 e. The standard InChI is InChI=1S/C12H22O2/c1-4-10(3)7-6-8-11(5-2)9-12(13)14/h7,11H,4-6,8-9H2,1-3H3,(H,13,14)/b10-7-. The summed E-state index contributed by atoms with van der Waals surface area (Å²) in [5, 5.41) is 8.65. The summed E-state index contributed by atoms with van der Waals surface area (Å²) in [4.78, 5) is 10.5. The molecule has 1 unspecified atom stereocenters. The van der Waals surface area contributed by atoms with E-state index < -0.39 is 5.97 Å². The summed E-state index contributed by atoms with van der Waals surface area (Å²) in [6.45, 7) is 6.32. The van der Waals surface area contributed by atoms with E-state index >= 15 is 0 Å². The van der Waals surface area contributed by atoms with E-state index in [2.05, 4.69) is 26.8 Å². The van der Waals surface area contributed by atoms with Crippen molar-refractivity contribution in [1.82, 2.24) is 0 Å². The van der Waals surface area contributed by atoms with E-state index in [-0.39, 0.29) is 0 Å². The molecule has 0 aromatic rings. The van der Waals surface area contributed by atoms with Gasteiger partial charge in [0.05, 0.1) is 0 Å². The van der Waals surface area contributed by atoms with Crippen molar-refractivity contribution in [3.05, 3.63) is 11.6 Å². The Morgan fingerprint density at radius 2 is 2.07 bits per heavy atom. The summed E-state index contributed by atoms with van der Waals surface area (Å²) in [6, 6.07) is 0. The van der Waals surface area contributed by atoms with E-state index in [1.54, 1.807) is 0 Å². The molecule has 1 atom stereocenters. The highest BCUT2D eigenvalue weighted by Gasteiger charge is 2.09. The van der Waals surface area contributed by atoms with Crippen LogP contribution in [0.4, 0.5) is 0 Å². The van der Waals surface area contributed by atoms with Gasteiger partial charge in [0, 0.05) is 6.42 Å². The number of aliphatic carboxylic acids is 1. The molecule has 82 valence electrons. The molecule has 0 aliphatic carbocycles. The Hall–Kier alpha value is -0.790. The molecule has 0 heterocycles. The van der Waals surface area contributed by atoms with Crippen LogP contribution in [0.2, 0.25) is 0 Å². The van der Waals surface area contributed by atoms with Crippen molar-refractivity contribution < 1.29 is 9.90 Å². The highest BCUT2D eigenvalue weighted by Crippen LogP contribution is 2.16. The van der Waals surface area contributed by atoms with Crippen LogP contribution in [0.5, 0.6) is 0 Å². The van der Waals surface area contributed by atoms with E-state index in [9.17, 15) is 4.79 Å². The Morgan fingerprint density at radius 3 is 2.50 bits per heavy atom. The minimum atomic E-state index is -0.673. The second kappa shape index (κ2) is 7.60. The van der Waals surface area contributed by atoms with Gasteiger partial charge in [0.25, 0.3) is 0 Å². The van der Waals surface area contributed by atoms with Crippen LogP contribution in [0.3, 0.4) is 0 Å². The fourth-order valence-corrected chi connectivity index (χ4v) is 1.41. The Balaban J connectivity index is 3.78. The van der Waals surface area contributed by atoms with Gasteiger partial charge >= 0.3 is 5.97 Å². The van der Waals surface area contributed by atoms with Gasteiger partial charge in [-0.05, 0) is 32.1 Å². The SMILES string of the molecule is CC/C(C)=C\CCC(CC)CC(=O)O. The quantitative estimate of drug-likeness (QED) is 0.634. The summed E-state index contributed by atoms with van der Waals surface area (Å²) in [6.07, 6.45) is 6.62. The normalized spacial score (nSPS) is 14.1. The third-order valence-electron chi connectivity index (χ3n) is 2.67. The molecule has 2 nitrogen and oxygen atoms in total. The first-order valence-corrected chi connectivity index (χ1v) is 5.47. The average molecular weight is 198 g/mol. The zero-order valence-electron chi connectivity index (χ0n) is 9.55. The highest BCUT2D eigenvalue weighted by atomic mass is 16.4. The molecule has 0 radical (unpaired) electrons. The Labute approximate surface area is 87.0 Å². The summed E-state index contributed by atoms with van der Waals surface area (Å²) in [5.74, 6) is -0.332. The molecule has 1 N–H and O–H groups in total. The Morgan fingerprint density at radius 1 is 1.43 bits per heavy atom. The van der Waals surface area contributed by atoms with Gasteiger partial charge < -0.3 is 5.11 Å². The summed E-state index contributed by atoms with van der Waals surface area (Å²) >= 11 is 0. The first-order chi connectivity index (χ1) is 6.60. The smallest absolute Gasteiger partial charge is 0.303 e. The van der Waals surface area contributed by atoms with Gasteiger partial charge in [-0.15, -0.1) is 0 Å². The predicted molar refractivity (Wildman–Crippen MR) is 59.3 cm³/mol. The summed E-state index contributed by atoms with van der Waals surface area (Å²) in [5.41, 5.74) is 1.40. The van der Waals surface area contributed by atoms with Crippen molar-refractivity contribution in [1.29, 1.82) is 0 Å². The van der Waals surface area contributed by atoms with Gasteiger partial charge in [-0.2, -0.15) is 0 Å². The maximum Gasteiger partial charge on any atom is 0.303 e. The van der Waals surface area contributed by atoms with E-state index in [4.69, 9.17) is 5.11 Å². The van der Waals surface area contributed by atoms with Crippen molar-refractivity contribution in [3.8, 4) is 0 Å². The van der Waals surface area contributed by atoms with Gasteiger partial charge in [0.15, 0.2) is 0 Å². The number of allylic oxidation sites excluding steroid dienone is 2. The van der Waals surface area contributed by atoms with E-state index in [1.807, 2.05) is 0 Å². The Bertz CT molecular complexity index is 194. The zero-order chi connectivity index (χ0) is 11.0. The third kappa shape index (κ3) is 6.70. The number of hydrogen-bond donors (Lipinski definition) is 1. The lowest BCUT2D eigenvalue weighted by molar-refractivity contribution is -0.138. The van der Waals surface area contributed by atoms with Crippen molar-refractivity contribution >= 4 is 5.97 Å². The molecular formula is C12H22O2. The van der Waals surface area contributed by atoms with Crippen LogP contribution >= 0.6 is 0 Å². The molecule has 0 amide bonds. The van der Waals surface area contributed by atoms with Crippen molar-refractivity contribution in [2.75, 3.05) is 0 Å².